The van der Waals surface area contributed by atoms with Crippen LogP contribution in [0, 0.1) is 3.77 Å². The number of hydrogen-bond donors (Lipinski definition) is 1. The van der Waals surface area contributed by atoms with Crippen LogP contribution < -0.4 is 5.32 Å². The predicted octanol–water partition coefficient (Wildman–Crippen LogP) is 2.47. The molecule has 0 aliphatic carbocycles. The minimum Gasteiger partial charge on any atom is -0.454 e. The van der Waals surface area contributed by atoms with Crippen LogP contribution in [0.5, 0.6) is 0 Å². The number of furan rings is 1. The molecule has 0 unspecified atom stereocenters. The zero-order valence-electron chi connectivity index (χ0n) is 9.82. The molecule has 2 heterocycles. The minimum absolute atomic E-state index is 0.613. The number of halogens is 1. The van der Waals surface area contributed by atoms with E-state index in [0.29, 0.717) is 6.54 Å². The molecule has 1 N–H and O–H groups in total. The van der Waals surface area contributed by atoms with Crippen molar-refractivity contribution in [1.82, 2.24) is 20.2 Å². The molecule has 0 amide bonds. The molecular formula is C12H10IN5O. The third-order valence-electron chi connectivity index (χ3n) is 2.58. The highest BCUT2D eigenvalue weighted by Gasteiger charge is 2.06. The van der Waals surface area contributed by atoms with Gasteiger partial charge >= 0.3 is 0 Å². The maximum Gasteiger partial charge on any atom is 0.164 e. The van der Waals surface area contributed by atoms with E-state index in [1.165, 1.54) is 0 Å². The van der Waals surface area contributed by atoms with Crippen molar-refractivity contribution in [1.29, 1.82) is 0 Å². The zero-order chi connectivity index (χ0) is 13.1. The Kier molecular flexibility index (Phi) is 3.45. The van der Waals surface area contributed by atoms with Crippen LogP contribution in [-0.4, -0.2) is 20.2 Å². The van der Waals surface area contributed by atoms with Crippen LogP contribution in [0.25, 0.3) is 5.69 Å². The Balaban J connectivity index is 1.81. The maximum atomic E-state index is 5.51. The van der Waals surface area contributed by atoms with Gasteiger partial charge in [0.05, 0.1) is 17.9 Å². The van der Waals surface area contributed by atoms with Crippen LogP contribution in [0.4, 0.5) is 5.69 Å². The van der Waals surface area contributed by atoms with Crippen LogP contribution >= 0.6 is 22.6 Å². The molecule has 6 nitrogen and oxygen atoms in total. The van der Waals surface area contributed by atoms with Gasteiger partial charge in [-0.3, -0.25) is 0 Å². The van der Waals surface area contributed by atoms with E-state index in [4.69, 9.17) is 4.42 Å². The summed E-state index contributed by atoms with van der Waals surface area (Å²) >= 11 is 2.15. The van der Waals surface area contributed by atoms with Gasteiger partial charge in [-0.2, -0.15) is 4.68 Å². The quantitative estimate of drug-likeness (QED) is 0.718. The van der Waals surface area contributed by atoms with Gasteiger partial charge in [0.25, 0.3) is 0 Å². The summed E-state index contributed by atoms with van der Waals surface area (Å²) in [4.78, 5) is 0. The average Bonchev–Trinajstić information content (AvgIpc) is 3.08. The van der Waals surface area contributed by atoms with E-state index in [1.54, 1.807) is 11.0 Å². The summed E-state index contributed by atoms with van der Waals surface area (Å²) < 4.78 is 8.01. The molecule has 2 aromatic heterocycles. The standard InChI is InChI=1S/C12H10IN5O/c13-12-6-5-9(19-12)7-14-10-3-1-2-4-11(10)18-8-15-16-17-18/h1-6,8,14H,7H2. The number of para-hydroxylation sites is 2. The second-order valence-electron chi connectivity index (χ2n) is 3.83. The Morgan fingerprint density at radius 1 is 1.21 bits per heavy atom. The molecule has 1 aromatic carbocycles. The molecule has 0 radical (unpaired) electrons. The summed E-state index contributed by atoms with van der Waals surface area (Å²) in [5.74, 6) is 0.885. The summed E-state index contributed by atoms with van der Waals surface area (Å²) in [5, 5.41) is 14.5. The topological polar surface area (TPSA) is 68.8 Å². The molecule has 96 valence electrons. The third-order valence-corrected chi connectivity index (χ3v) is 3.16. The Morgan fingerprint density at radius 3 is 2.84 bits per heavy atom. The van der Waals surface area contributed by atoms with Gasteiger partial charge in [0, 0.05) is 0 Å². The SMILES string of the molecule is Ic1ccc(CNc2ccccc2-n2cnnn2)o1. The van der Waals surface area contributed by atoms with Crippen molar-refractivity contribution in [2.75, 3.05) is 5.32 Å². The number of tetrazole rings is 1. The normalized spacial score (nSPS) is 10.6. The molecule has 0 saturated heterocycles. The van der Waals surface area contributed by atoms with E-state index in [1.807, 2.05) is 36.4 Å². The first-order valence-electron chi connectivity index (χ1n) is 5.63. The fraction of sp³-hybridized carbons (Fsp3) is 0.0833. The Morgan fingerprint density at radius 2 is 2.11 bits per heavy atom. The van der Waals surface area contributed by atoms with Gasteiger partial charge in [-0.25, -0.2) is 0 Å². The van der Waals surface area contributed by atoms with Crippen molar-refractivity contribution in [3.63, 3.8) is 0 Å². The van der Waals surface area contributed by atoms with Gasteiger partial charge in [-0.05, 0) is 57.3 Å². The summed E-state index contributed by atoms with van der Waals surface area (Å²) in [5.41, 5.74) is 1.84. The summed E-state index contributed by atoms with van der Waals surface area (Å²) in [6.07, 6.45) is 1.57. The second-order valence-corrected chi connectivity index (χ2v) is 4.89. The zero-order valence-corrected chi connectivity index (χ0v) is 12.0. The molecule has 0 fully saturated rings. The highest BCUT2D eigenvalue weighted by Crippen LogP contribution is 2.20. The Hall–Kier alpha value is -1.90. The van der Waals surface area contributed by atoms with Crippen LogP contribution in [0.3, 0.4) is 0 Å². The lowest BCUT2D eigenvalue weighted by atomic mass is 10.2. The molecule has 0 aliphatic rings. The Bertz CT molecular complexity index is 664. The van der Waals surface area contributed by atoms with E-state index in [-0.39, 0.29) is 0 Å². The summed E-state index contributed by atoms with van der Waals surface area (Å²) in [7, 11) is 0. The molecular weight excluding hydrogens is 357 g/mol. The van der Waals surface area contributed by atoms with Crippen LogP contribution in [-0.2, 0) is 6.54 Å². The number of anilines is 1. The number of nitrogens with one attached hydrogen (secondary N) is 1. The lowest BCUT2D eigenvalue weighted by molar-refractivity contribution is 0.493. The number of rotatable bonds is 4. The molecule has 0 atom stereocenters. The summed E-state index contributed by atoms with van der Waals surface area (Å²) in [6.45, 7) is 0.613. The molecule has 19 heavy (non-hydrogen) atoms. The van der Waals surface area contributed by atoms with Gasteiger partial charge in [-0.1, -0.05) is 12.1 Å². The smallest absolute Gasteiger partial charge is 0.164 e. The fourth-order valence-electron chi connectivity index (χ4n) is 1.72. The molecule has 0 aliphatic heterocycles. The minimum atomic E-state index is 0.613. The van der Waals surface area contributed by atoms with Gasteiger partial charge in [0.1, 0.15) is 12.1 Å². The van der Waals surface area contributed by atoms with Crippen molar-refractivity contribution >= 4 is 28.3 Å². The molecule has 0 spiro atoms. The van der Waals surface area contributed by atoms with Gasteiger partial charge in [-0.15, -0.1) is 5.10 Å². The van der Waals surface area contributed by atoms with Crippen LogP contribution in [0.15, 0.2) is 47.1 Å². The molecule has 3 rings (SSSR count). The fourth-order valence-corrected chi connectivity index (χ4v) is 2.19. The van der Waals surface area contributed by atoms with Crippen LogP contribution in [0.1, 0.15) is 5.76 Å². The molecule has 0 bridgehead atoms. The number of hydrogen-bond acceptors (Lipinski definition) is 5. The van der Waals surface area contributed by atoms with E-state index in [0.717, 1.165) is 20.9 Å². The highest BCUT2D eigenvalue weighted by molar-refractivity contribution is 14.1. The monoisotopic (exact) mass is 367 g/mol. The largest absolute Gasteiger partial charge is 0.454 e. The van der Waals surface area contributed by atoms with Crippen molar-refractivity contribution in [2.24, 2.45) is 0 Å². The van der Waals surface area contributed by atoms with Crippen molar-refractivity contribution in [3.05, 3.63) is 52.3 Å². The lowest BCUT2D eigenvalue weighted by Gasteiger charge is -2.09. The van der Waals surface area contributed by atoms with Gasteiger partial charge in [0.2, 0.25) is 0 Å². The molecule has 7 heteroatoms. The Labute approximate surface area is 122 Å². The molecule has 0 saturated carbocycles. The first-order valence-corrected chi connectivity index (χ1v) is 6.71. The number of nitrogens with zero attached hydrogens (tertiary/aromatic N) is 4. The van der Waals surface area contributed by atoms with E-state index in [2.05, 4.69) is 43.4 Å². The van der Waals surface area contributed by atoms with Crippen molar-refractivity contribution in [3.8, 4) is 5.69 Å². The molecule has 3 aromatic rings. The third kappa shape index (κ3) is 2.75. The summed E-state index contributed by atoms with van der Waals surface area (Å²) in [6, 6.07) is 11.7. The van der Waals surface area contributed by atoms with E-state index < -0.39 is 0 Å². The first kappa shape index (κ1) is 12.2. The number of benzene rings is 1. The van der Waals surface area contributed by atoms with Gasteiger partial charge in [0.15, 0.2) is 3.77 Å². The maximum absolute atomic E-state index is 5.51. The first-order chi connectivity index (χ1) is 9.33. The predicted molar refractivity (Wildman–Crippen MR) is 77.9 cm³/mol. The van der Waals surface area contributed by atoms with E-state index >= 15 is 0 Å². The van der Waals surface area contributed by atoms with Crippen molar-refractivity contribution < 1.29 is 4.42 Å². The highest BCUT2D eigenvalue weighted by atomic mass is 127. The van der Waals surface area contributed by atoms with E-state index in [9.17, 15) is 0 Å². The van der Waals surface area contributed by atoms with Crippen molar-refractivity contribution in [2.45, 2.75) is 6.54 Å². The second kappa shape index (κ2) is 5.39. The van der Waals surface area contributed by atoms with Crippen LogP contribution in [0.2, 0.25) is 0 Å². The lowest BCUT2D eigenvalue weighted by Crippen LogP contribution is -2.04. The number of aromatic nitrogens is 4. The average molecular weight is 367 g/mol. The van der Waals surface area contributed by atoms with Gasteiger partial charge < -0.3 is 9.73 Å².